The zero-order chi connectivity index (χ0) is 12.6. The van der Waals surface area contributed by atoms with Crippen molar-refractivity contribution in [1.29, 1.82) is 0 Å². The molecule has 1 fully saturated rings. The molecule has 0 radical (unpaired) electrons. The summed E-state index contributed by atoms with van der Waals surface area (Å²) in [6.07, 6.45) is 18.5. The standard InChI is InChI=1S/C17H28O/c18-17(14-13-15-9-5-4-6-10-15)16-11-7-2-1-3-8-12-16/h11,15H,1-10,12-14H2. The number of carbonyl (C=O) groups excluding carboxylic acids is 1. The Labute approximate surface area is 112 Å². The van der Waals surface area contributed by atoms with Crippen molar-refractivity contribution in [3.8, 4) is 0 Å². The molecule has 1 heteroatoms. The van der Waals surface area contributed by atoms with E-state index in [1.54, 1.807) is 0 Å². The van der Waals surface area contributed by atoms with Gasteiger partial charge in [-0.05, 0) is 43.6 Å². The lowest BCUT2D eigenvalue weighted by molar-refractivity contribution is -0.116. The molecular formula is C17H28O. The van der Waals surface area contributed by atoms with Crippen LogP contribution in [0, 0.1) is 5.92 Å². The van der Waals surface area contributed by atoms with Gasteiger partial charge >= 0.3 is 0 Å². The van der Waals surface area contributed by atoms with Crippen molar-refractivity contribution >= 4 is 5.78 Å². The lowest BCUT2D eigenvalue weighted by atomic mass is 9.84. The Hall–Kier alpha value is -0.590. The molecule has 102 valence electrons. The number of allylic oxidation sites excluding steroid dienone is 2. The average Bonchev–Trinajstić information content (AvgIpc) is 2.37. The molecule has 0 saturated heterocycles. The number of hydrogen-bond donors (Lipinski definition) is 0. The van der Waals surface area contributed by atoms with Crippen LogP contribution in [0.5, 0.6) is 0 Å². The summed E-state index contributed by atoms with van der Waals surface area (Å²) >= 11 is 0. The average molecular weight is 248 g/mol. The second-order valence-corrected chi connectivity index (χ2v) is 6.15. The Kier molecular flexibility index (Phi) is 5.96. The number of hydrogen-bond acceptors (Lipinski definition) is 1. The number of Topliss-reactive ketones (excluding diaryl/α,β-unsaturated/α-hetero) is 1. The van der Waals surface area contributed by atoms with Crippen LogP contribution in [0.25, 0.3) is 0 Å². The monoisotopic (exact) mass is 248 g/mol. The molecule has 2 rings (SSSR count). The highest BCUT2D eigenvalue weighted by Gasteiger charge is 2.16. The molecule has 0 heterocycles. The third-order valence-electron chi connectivity index (χ3n) is 4.65. The van der Waals surface area contributed by atoms with Gasteiger partial charge in [0, 0.05) is 6.42 Å². The highest BCUT2D eigenvalue weighted by atomic mass is 16.1. The van der Waals surface area contributed by atoms with Gasteiger partial charge in [-0.25, -0.2) is 0 Å². The maximum atomic E-state index is 12.2. The van der Waals surface area contributed by atoms with Crippen LogP contribution >= 0.6 is 0 Å². The maximum Gasteiger partial charge on any atom is 0.158 e. The van der Waals surface area contributed by atoms with E-state index in [-0.39, 0.29) is 0 Å². The molecule has 1 nitrogen and oxygen atoms in total. The van der Waals surface area contributed by atoms with Gasteiger partial charge in [-0.15, -0.1) is 0 Å². The van der Waals surface area contributed by atoms with Crippen molar-refractivity contribution in [2.24, 2.45) is 5.92 Å². The Balaban J connectivity index is 1.75. The topological polar surface area (TPSA) is 17.1 Å². The minimum Gasteiger partial charge on any atom is -0.295 e. The zero-order valence-electron chi connectivity index (χ0n) is 11.8. The fourth-order valence-electron chi connectivity index (χ4n) is 3.42. The van der Waals surface area contributed by atoms with Gasteiger partial charge in [0.1, 0.15) is 0 Å². The minimum absolute atomic E-state index is 0.461. The normalized spacial score (nSPS) is 23.0. The van der Waals surface area contributed by atoms with E-state index < -0.39 is 0 Å². The summed E-state index contributed by atoms with van der Waals surface area (Å²) in [5.74, 6) is 1.30. The molecule has 2 aliphatic rings. The van der Waals surface area contributed by atoms with E-state index in [1.165, 1.54) is 57.8 Å². The van der Waals surface area contributed by atoms with Crippen LogP contribution in [0.4, 0.5) is 0 Å². The predicted octanol–water partition coefficient (Wildman–Crippen LogP) is 5.20. The summed E-state index contributed by atoms with van der Waals surface area (Å²) in [4.78, 5) is 12.2. The third kappa shape index (κ3) is 4.59. The molecule has 18 heavy (non-hydrogen) atoms. The molecule has 0 aromatic carbocycles. The van der Waals surface area contributed by atoms with Crippen LogP contribution in [0.15, 0.2) is 11.6 Å². The lowest BCUT2D eigenvalue weighted by Crippen LogP contribution is -2.10. The lowest BCUT2D eigenvalue weighted by Gasteiger charge is -2.21. The van der Waals surface area contributed by atoms with Crippen LogP contribution < -0.4 is 0 Å². The highest BCUT2D eigenvalue weighted by Crippen LogP contribution is 2.28. The first-order chi connectivity index (χ1) is 8.86. The molecular weight excluding hydrogens is 220 g/mol. The first-order valence-electron chi connectivity index (χ1n) is 8.08. The van der Waals surface area contributed by atoms with E-state index in [2.05, 4.69) is 6.08 Å². The van der Waals surface area contributed by atoms with Gasteiger partial charge in [-0.3, -0.25) is 4.79 Å². The van der Waals surface area contributed by atoms with E-state index in [9.17, 15) is 4.79 Å². The molecule has 2 aliphatic carbocycles. The van der Waals surface area contributed by atoms with Crippen LogP contribution in [0.2, 0.25) is 0 Å². The maximum absolute atomic E-state index is 12.2. The molecule has 0 bridgehead atoms. The third-order valence-corrected chi connectivity index (χ3v) is 4.65. The molecule has 0 amide bonds. The van der Waals surface area contributed by atoms with Gasteiger partial charge in [0.25, 0.3) is 0 Å². The number of rotatable bonds is 4. The molecule has 0 aromatic rings. The van der Waals surface area contributed by atoms with Gasteiger partial charge in [-0.2, -0.15) is 0 Å². The summed E-state index contributed by atoms with van der Waals surface area (Å²) < 4.78 is 0. The van der Waals surface area contributed by atoms with Crippen LogP contribution in [0.1, 0.15) is 83.5 Å². The van der Waals surface area contributed by atoms with Crippen LogP contribution in [-0.4, -0.2) is 5.78 Å². The van der Waals surface area contributed by atoms with E-state index >= 15 is 0 Å². The second kappa shape index (κ2) is 7.76. The fraction of sp³-hybridized carbons (Fsp3) is 0.824. The van der Waals surface area contributed by atoms with Gasteiger partial charge in [0.05, 0.1) is 0 Å². The SMILES string of the molecule is O=C(CCC1CCCCC1)C1=CCCCCCC1. The van der Waals surface area contributed by atoms with Crippen molar-refractivity contribution in [3.63, 3.8) is 0 Å². The van der Waals surface area contributed by atoms with Gasteiger partial charge in [-0.1, -0.05) is 51.0 Å². The Morgan fingerprint density at radius 3 is 2.56 bits per heavy atom. The molecule has 0 aromatic heterocycles. The molecule has 0 atom stereocenters. The molecule has 1 saturated carbocycles. The van der Waals surface area contributed by atoms with Crippen molar-refractivity contribution in [2.45, 2.75) is 83.5 Å². The Bertz CT molecular complexity index is 284. The first-order valence-corrected chi connectivity index (χ1v) is 8.08. The number of carbonyl (C=O) groups is 1. The van der Waals surface area contributed by atoms with E-state index in [1.807, 2.05) is 0 Å². The molecule has 0 N–H and O–H groups in total. The quantitative estimate of drug-likeness (QED) is 0.668. The van der Waals surface area contributed by atoms with Crippen LogP contribution in [0.3, 0.4) is 0 Å². The smallest absolute Gasteiger partial charge is 0.158 e. The summed E-state index contributed by atoms with van der Waals surface area (Å²) in [5.41, 5.74) is 1.16. The second-order valence-electron chi connectivity index (χ2n) is 6.15. The molecule has 0 unspecified atom stereocenters. The zero-order valence-corrected chi connectivity index (χ0v) is 11.8. The van der Waals surface area contributed by atoms with E-state index in [4.69, 9.17) is 0 Å². The van der Waals surface area contributed by atoms with Crippen molar-refractivity contribution < 1.29 is 4.79 Å². The summed E-state index contributed by atoms with van der Waals surface area (Å²) in [6, 6.07) is 0. The van der Waals surface area contributed by atoms with Crippen LogP contribution in [-0.2, 0) is 4.79 Å². The van der Waals surface area contributed by atoms with E-state index in [0.29, 0.717) is 5.78 Å². The summed E-state index contributed by atoms with van der Waals surface area (Å²) in [5, 5.41) is 0. The van der Waals surface area contributed by atoms with Crippen molar-refractivity contribution in [1.82, 2.24) is 0 Å². The number of ketones is 1. The van der Waals surface area contributed by atoms with Crippen molar-refractivity contribution in [2.75, 3.05) is 0 Å². The summed E-state index contributed by atoms with van der Waals surface area (Å²) in [7, 11) is 0. The fourth-order valence-corrected chi connectivity index (χ4v) is 3.42. The Morgan fingerprint density at radius 2 is 1.72 bits per heavy atom. The van der Waals surface area contributed by atoms with Crippen molar-refractivity contribution in [3.05, 3.63) is 11.6 Å². The minimum atomic E-state index is 0.461. The molecule has 0 spiro atoms. The predicted molar refractivity (Wildman–Crippen MR) is 76.6 cm³/mol. The van der Waals surface area contributed by atoms with E-state index in [0.717, 1.165) is 37.2 Å². The largest absolute Gasteiger partial charge is 0.295 e. The van der Waals surface area contributed by atoms with Gasteiger partial charge in [0.2, 0.25) is 0 Å². The molecule has 0 aliphatic heterocycles. The summed E-state index contributed by atoms with van der Waals surface area (Å²) in [6.45, 7) is 0. The Morgan fingerprint density at radius 1 is 1.00 bits per heavy atom. The highest BCUT2D eigenvalue weighted by molar-refractivity contribution is 5.95. The van der Waals surface area contributed by atoms with Gasteiger partial charge in [0.15, 0.2) is 5.78 Å². The first kappa shape index (κ1) is 13.8. The van der Waals surface area contributed by atoms with Gasteiger partial charge < -0.3 is 0 Å².